The highest BCUT2D eigenvalue weighted by molar-refractivity contribution is 6.21. The Morgan fingerprint density at radius 2 is 1.77 bits per heavy atom. The highest BCUT2D eigenvalue weighted by atomic mass is 19.1. The van der Waals surface area contributed by atoms with Gasteiger partial charge in [-0.3, -0.25) is 19.3 Å². The van der Waals surface area contributed by atoms with Crippen molar-refractivity contribution >= 4 is 29.4 Å². The monoisotopic (exact) mass is 422 g/mol. The van der Waals surface area contributed by atoms with Gasteiger partial charge >= 0.3 is 5.97 Å². The van der Waals surface area contributed by atoms with Crippen molar-refractivity contribution in [1.29, 1.82) is 0 Å². The minimum Gasteiger partial charge on any atom is -0.467 e. The third-order valence-electron chi connectivity index (χ3n) is 4.58. The van der Waals surface area contributed by atoms with Crippen molar-refractivity contribution in [3.05, 3.63) is 89.1 Å². The van der Waals surface area contributed by atoms with E-state index in [1.807, 2.05) is 0 Å². The molecule has 1 N–H and O–H groups in total. The van der Waals surface area contributed by atoms with E-state index in [0.29, 0.717) is 5.76 Å². The summed E-state index contributed by atoms with van der Waals surface area (Å²) < 4.78 is 23.7. The van der Waals surface area contributed by atoms with Crippen molar-refractivity contribution in [1.82, 2.24) is 4.90 Å². The van der Waals surface area contributed by atoms with Crippen LogP contribution in [-0.2, 0) is 16.1 Å². The predicted molar refractivity (Wildman–Crippen MR) is 105 cm³/mol. The highest BCUT2D eigenvalue weighted by Crippen LogP contribution is 2.26. The number of hydrogen-bond acceptors (Lipinski definition) is 6. The molecule has 1 aromatic heterocycles. The molecule has 0 fully saturated rings. The fourth-order valence-electron chi connectivity index (χ4n) is 3.08. The van der Waals surface area contributed by atoms with Crippen molar-refractivity contribution in [3.63, 3.8) is 0 Å². The summed E-state index contributed by atoms with van der Waals surface area (Å²) in [5, 5.41) is 2.29. The molecule has 0 radical (unpaired) electrons. The van der Waals surface area contributed by atoms with E-state index in [0.717, 1.165) is 4.90 Å². The van der Waals surface area contributed by atoms with Crippen LogP contribution in [-0.4, -0.2) is 35.2 Å². The number of fused-ring (bicyclic) bond motifs is 1. The van der Waals surface area contributed by atoms with Gasteiger partial charge in [0.15, 0.2) is 6.61 Å². The third-order valence-corrected chi connectivity index (χ3v) is 4.58. The molecule has 0 saturated heterocycles. The first-order valence-corrected chi connectivity index (χ1v) is 9.18. The number of halogens is 1. The molecule has 4 rings (SSSR count). The van der Waals surface area contributed by atoms with Gasteiger partial charge in [-0.1, -0.05) is 12.1 Å². The van der Waals surface area contributed by atoms with Crippen LogP contribution < -0.4 is 5.32 Å². The smallest absolute Gasteiger partial charge is 0.338 e. The quantitative estimate of drug-likeness (QED) is 0.484. The van der Waals surface area contributed by atoms with Crippen molar-refractivity contribution < 1.29 is 32.7 Å². The van der Waals surface area contributed by atoms with Crippen LogP contribution in [0.5, 0.6) is 0 Å². The number of amides is 3. The van der Waals surface area contributed by atoms with E-state index < -0.39 is 36.1 Å². The van der Waals surface area contributed by atoms with Crippen LogP contribution in [0.2, 0.25) is 0 Å². The zero-order chi connectivity index (χ0) is 22.0. The number of rotatable bonds is 6. The van der Waals surface area contributed by atoms with E-state index in [1.165, 1.54) is 42.7 Å². The number of carbonyl (C=O) groups is 4. The number of imide groups is 1. The fraction of sp³-hybridized carbons (Fsp3) is 0.0909. The van der Waals surface area contributed by atoms with Crippen LogP contribution in [0.1, 0.15) is 36.8 Å². The number of nitrogens with zero attached hydrogens (tertiary/aromatic N) is 1. The predicted octanol–water partition coefficient (Wildman–Crippen LogP) is 3.01. The molecule has 2 aromatic carbocycles. The number of esters is 1. The Balaban J connectivity index is 1.41. The number of para-hydroxylation sites is 1. The van der Waals surface area contributed by atoms with E-state index in [-0.39, 0.29) is 28.9 Å². The number of nitrogens with one attached hydrogen (secondary N) is 1. The molecule has 1 aliphatic heterocycles. The third kappa shape index (κ3) is 4.06. The lowest BCUT2D eigenvalue weighted by Gasteiger charge is -2.11. The molecule has 156 valence electrons. The maximum atomic E-state index is 13.6. The average molecular weight is 422 g/mol. The van der Waals surface area contributed by atoms with Gasteiger partial charge in [0, 0.05) is 0 Å². The number of carbonyl (C=O) groups excluding carboxylic acids is 4. The number of furan rings is 1. The molecule has 3 aromatic rings. The summed E-state index contributed by atoms with van der Waals surface area (Å²) in [7, 11) is 0. The fourth-order valence-corrected chi connectivity index (χ4v) is 3.08. The molecular formula is C22H15FN2O6. The molecule has 9 heteroatoms. The molecule has 0 aliphatic carbocycles. The first kappa shape index (κ1) is 20.0. The number of ether oxygens (including phenoxy) is 1. The standard InChI is InChI=1S/C22H15FN2O6/c23-17-5-1-2-6-18(17)24-19(26)12-31-22(29)13-7-8-15-16(10-13)21(28)25(20(15)27)11-14-4-3-9-30-14/h1-10H,11-12H2,(H,24,26). The lowest BCUT2D eigenvalue weighted by molar-refractivity contribution is -0.119. The van der Waals surface area contributed by atoms with Crippen LogP contribution in [0.15, 0.2) is 65.3 Å². The Bertz CT molecular complexity index is 1190. The van der Waals surface area contributed by atoms with Gasteiger partial charge in [-0.05, 0) is 42.5 Å². The Labute approximate surface area is 175 Å². The zero-order valence-electron chi connectivity index (χ0n) is 16.0. The average Bonchev–Trinajstić information content (AvgIpc) is 3.36. The first-order chi connectivity index (χ1) is 14.9. The molecule has 1 aliphatic rings. The summed E-state index contributed by atoms with van der Waals surface area (Å²) >= 11 is 0. The summed E-state index contributed by atoms with van der Waals surface area (Å²) in [6.07, 6.45) is 1.43. The second-order valence-corrected chi connectivity index (χ2v) is 6.64. The van der Waals surface area contributed by atoms with Gasteiger partial charge in [0.05, 0.1) is 35.2 Å². The SMILES string of the molecule is O=C(COC(=O)c1ccc2c(c1)C(=O)N(Cc1ccco1)C2=O)Nc1ccccc1F. The van der Waals surface area contributed by atoms with Gasteiger partial charge in [0.2, 0.25) is 0 Å². The minimum absolute atomic E-state index is 0.00144. The maximum Gasteiger partial charge on any atom is 0.338 e. The summed E-state index contributed by atoms with van der Waals surface area (Å²) in [5.41, 5.74) is 0.174. The van der Waals surface area contributed by atoms with Gasteiger partial charge < -0.3 is 14.5 Å². The van der Waals surface area contributed by atoms with E-state index in [2.05, 4.69) is 5.32 Å². The molecule has 0 unspecified atom stereocenters. The number of anilines is 1. The largest absolute Gasteiger partial charge is 0.467 e. The van der Waals surface area contributed by atoms with Gasteiger partial charge in [0.25, 0.3) is 17.7 Å². The normalized spacial score (nSPS) is 12.6. The molecule has 2 heterocycles. The van der Waals surface area contributed by atoms with Crippen LogP contribution in [0, 0.1) is 5.82 Å². The molecule has 8 nitrogen and oxygen atoms in total. The van der Waals surface area contributed by atoms with Crippen molar-refractivity contribution in [2.75, 3.05) is 11.9 Å². The first-order valence-electron chi connectivity index (χ1n) is 9.18. The van der Waals surface area contributed by atoms with Gasteiger partial charge in [-0.2, -0.15) is 0 Å². The molecular weight excluding hydrogens is 407 g/mol. The lowest BCUT2D eigenvalue weighted by Crippen LogP contribution is -2.28. The van der Waals surface area contributed by atoms with Crippen LogP contribution in [0.4, 0.5) is 10.1 Å². The van der Waals surface area contributed by atoms with E-state index in [1.54, 1.807) is 18.2 Å². The Hall–Kier alpha value is -4.27. The highest BCUT2D eigenvalue weighted by Gasteiger charge is 2.36. The summed E-state index contributed by atoms with van der Waals surface area (Å²) in [4.78, 5) is 50.3. The van der Waals surface area contributed by atoms with Crippen molar-refractivity contribution in [2.45, 2.75) is 6.54 Å². The molecule has 0 saturated carbocycles. The van der Waals surface area contributed by atoms with Crippen LogP contribution in [0.3, 0.4) is 0 Å². The molecule has 0 spiro atoms. The van der Waals surface area contributed by atoms with Gasteiger partial charge in [-0.25, -0.2) is 9.18 Å². The maximum absolute atomic E-state index is 13.6. The van der Waals surface area contributed by atoms with E-state index in [4.69, 9.17) is 9.15 Å². The summed E-state index contributed by atoms with van der Waals surface area (Å²) in [6.45, 7) is -0.683. The van der Waals surface area contributed by atoms with E-state index >= 15 is 0 Å². The number of benzene rings is 2. The zero-order valence-corrected chi connectivity index (χ0v) is 16.0. The topological polar surface area (TPSA) is 106 Å². The Morgan fingerprint density at radius 3 is 2.52 bits per heavy atom. The van der Waals surface area contributed by atoms with Crippen LogP contribution >= 0.6 is 0 Å². The second-order valence-electron chi connectivity index (χ2n) is 6.64. The Morgan fingerprint density at radius 1 is 1.00 bits per heavy atom. The molecule has 0 bridgehead atoms. The van der Waals surface area contributed by atoms with E-state index in [9.17, 15) is 23.6 Å². The second kappa shape index (κ2) is 8.23. The molecule has 31 heavy (non-hydrogen) atoms. The van der Waals surface area contributed by atoms with Crippen molar-refractivity contribution in [3.8, 4) is 0 Å². The van der Waals surface area contributed by atoms with Gasteiger partial charge in [0.1, 0.15) is 11.6 Å². The van der Waals surface area contributed by atoms with Crippen molar-refractivity contribution in [2.24, 2.45) is 0 Å². The van der Waals surface area contributed by atoms with Crippen LogP contribution in [0.25, 0.3) is 0 Å². The minimum atomic E-state index is -0.865. The van der Waals surface area contributed by atoms with Gasteiger partial charge in [-0.15, -0.1) is 0 Å². The lowest BCUT2D eigenvalue weighted by atomic mass is 10.1. The summed E-state index contributed by atoms with van der Waals surface area (Å²) in [6, 6.07) is 12.8. The molecule has 0 atom stereocenters. The Kier molecular flexibility index (Phi) is 5.31. The molecule has 3 amide bonds. The number of hydrogen-bond donors (Lipinski definition) is 1. The summed E-state index contributed by atoms with van der Waals surface area (Å²) in [5.74, 6) is -2.84.